The van der Waals surface area contributed by atoms with Crippen molar-refractivity contribution in [2.75, 3.05) is 6.54 Å². The fourth-order valence-corrected chi connectivity index (χ4v) is 5.71. The highest BCUT2D eigenvalue weighted by molar-refractivity contribution is 6.30. The lowest BCUT2D eigenvalue weighted by Gasteiger charge is -2.29. The van der Waals surface area contributed by atoms with E-state index >= 15 is 0 Å². The molecular formula is C37H51ClFN11O5. The molecule has 5 amide bonds. The number of aliphatic imine (C=N–C) groups is 1. The zero-order chi connectivity index (χ0) is 40.8. The van der Waals surface area contributed by atoms with Crippen LogP contribution in [-0.2, 0) is 25.6 Å². The molecule has 55 heavy (non-hydrogen) atoms. The van der Waals surface area contributed by atoms with Gasteiger partial charge in [0.1, 0.15) is 35.8 Å². The van der Waals surface area contributed by atoms with Gasteiger partial charge in [0.05, 0.1) is 5.69 Å². The third-order valence-electron chi connectivity index (χ3n) is 8.76. The van der Waals surface area contributed by atoms with Crippen LogP contribution < -0.4 is 38.5 Å². The first-order valence-corrected chi connectivity index (χ1v) is 18.4. The largest absolute Gasteiger partial charge is 0.370 e. The Hall–Kier alpha value is -5.58. The number of benzene rings is 2. The second-order valence-electron chi connectivity index (χ2n) is 13.7. The lowest BCUT2D eigenvalue weighted by Crippen LogP contribution is -2.59. The molecule has 0 fully saturated rings. The fraction of sp³-hybridized carbons (Fsp3) is 0.459. The van der Waals surface area contributed by atoms with Crippen molar-refractivity contribution in [1.82, 2.24) is 36.0 Å². The van der Waals surface area contributed by atoms with Crippen LogP contribution in [0.3, 0.4) is 0 Å². The first-order chi connectivity index (χ1) is 26.0. The van der Waals surface area contributed by atoms with Crippen LogP contribution in [-0.4, -0.2) is 81.0 Å². The van der Waals surface area contributed by atoms with Crippen LogP contribution in [0.5, 0.6) is 0 Å². The molecule has 0 radical (unpaired) electrons. The van der Waals surface area contributed by atoms with Gasteiger partial charge in [-0.1, -0.05) is 57.8 Å². The summed E-state index contributed by atoms with van der Waals surface area (Å²) in [4.78, 5) is 75.4. The number of amides is 5. The number of nitrogens with zero attached hydrogens (tertiary/aromatic N) is 4. The van der Waals surface area contributed by atoms with E-state index in [9.17, 15) is 28.4 Å². The number of nitrogens with two attached hydrogens (primary N) is 3. The van der Waals surface area contributed by atoms with Crippen LogP contribution in [0.4, 0.5) is 4.39 Å². The number of halogens is 2. The van der Waals surface area contributed by atoms with Gasteiger partial charge in [-0.25, -0.2) is 14.1 Å². The number of hydrogen-bond acceptors (Lipinski definition) is 8. The molecule has 0 spiro atoms. The van der Waals surface area contributed by atoms with Gasteiger partial charge in [-0.05, 0) is 80.0 Å². The van der Waals surface area contributed by atoms with Crippen LogP contribution in [0.1, 0.15) is 75.4 Å². The van der Waals surface area contributed by atoms with Crippen molar-refractivity contribution in [2.45, 2.75) is 90.9 Å². The molecule has 2 aromatic carbocycles. The van der Waals surface area contributed by atoms with Gasteiger partial charge in [0.2, 0.25) is 29.5 Å². The molecule has 0 saturated heterocycles. The Bertz CT molecular complexity index is 1810. The van der Waals surface area contributed by atoms with Crippen molar-refractivity contribution < 1.29 is 28.4 Å². The monoisotopic (exact) mass is 783 g/mol. The second-order valence-corrected chi connectivity index (χ2v) is 14.1. The van der Waals surface area contributed by atoms with Crippen LogP contribution >= 0.6 is 11.6 Å². The average Bonchev–Trinajstić information content (AvgIpc) is 3.52. The zero-order valence-corrected chi connectivity index (χ0v) is 32.4. The number of guanidine groups is 1. The molecule has 0 bridgehead atoms. The molecule has 298 valence electrons. The molecule has 1 heterocycles. The van der Waals surface area contributed by atoms with E-state index in [1.54, 1.807) is 38.1 Å². The van der Waals surface area contributed by atoms with E-state index < -0.39 is 65.4 Å². The summed E-state index contributed by atoms with van der Waals surface area (Å²) in [5.41, 5.74) is 17.7. The molecule has 5 atom stereocenters. The maximum atomic E-state index is 13.9. The standard InChI is InChI=1S/C37H51ClFN11O5/c1-6-21(4)30(35(54)46-28(31(40)51)19-23-9-13-25(39)14-10-23)48-34(53)29(18-20(2)3)47-33(52)27(8-7-17-43-37(41)42)45-36(55)32-44-22(5)50(49-32)26-15-11-24(38)12-16-26/h9-16,20-21,27-30H,6-8,17-19H2,1-5H3,(H2,40,51)(H,45,55)(H,46,54)(H,47,52)(H,48,53)(H4,41,42,43)/t21-,27-,28-,29-,30-/m0/s1. The Labute approximate surface area is 324 Å². The summed E-state index contributed by atoms with van der Waals surface area (Å²) >= 11 is 6.01. The minimum absolute atomic E-state index is 0.00130. The molecule has 18 heteroatoms. The maximum absolute atomic E-state index is 13.9. The van der Waals surface area contributed by atoms with Crippen molar-refractivity contribution in [3.05, 3.63) is 76.6 Å². The quantitative estimate of drug-likeness (QED) is 0.0500. The summed E-state index contributed by atoms with van der Waals surface area (Å²) in [6.45, 7) is 9.14. The van der Waals surface area contributed by atoms with E-state index in [-0.39, 0.29) is 49.9 Å². The molecule has 16 nitrogen and oxygen atoms in total. The number of nitrogens with one attached hydrogen (secondary N) is 4. The molecule has 3 rings (SSSR count). The Morgan fingerprint density at radius 1 is 0.855 bits per heavy atom. The van der Waals surface area contributed by atoms with Crippen LogP contribution in [0.2, 0.25) is 5.02 Å². The number of hydrogen-bond donors (Lipinski definition) is 7. The molecule has 1 aromatic heterocycles. The summed E-state index contributed by atoms with van der Waals surface area (Å²) in [5, 5.41) is 15.7. The molecule has 10 N–H and O–H groups in total. The smallest absolute Gasteiger partial charge is 0.291 e. The first-order valence-electron chi connectivity index (χ1n) is 18.0. The van der Waals surface area contributed by atoms with Crippen LogP contribution in [0.25, 0.3) is 5.69 Å². The minimum Gasteiger partial charge on any atom is -0.370 e. The highest BCUT2D eigenvalue weighted by Gasteiger charge is 2.34. The summed E-state index contributed by atoms with van der Waals surface area (Å²) < 4.78 is 14.9. The third-order valence-corrected chi connectivity index (χ3v) is 9.01. The molecule has 0 aliphatic carbocycles. The van der Waals surface area contributed by atoms with Crippen molar-refractivity contribution >= 4 is 47.1 Å². The minimum atomic E-state index is -1.16. The van der Waals surface area contributed by atoms with Gasteiger partial charge in [0.15, 0.2) is 5.96 Å². The van der Waals surface area contributed by atoms with Crippen molar-refractivity contribution in [3.63, 3.8) is 0 Å². The Morgan fingerprint density at radius 3 is 2.05 bits per heavy atom. The topological polar surface area (TPSA) is 255 Å². The van der Waals surface area contributed by atoms with Crippen LogP contribution in [0, 0.1) is 24.6 Å². The van der Waals surface area contributed by atoms with Gasteiger partial charge in [0, 0.05) is 18.0 Å². The average molecular weight is 784 g/mol. The molecule has 0 aliphatic rings. The normalized spacial score (nSPS) is 13.8. The van der Waals surface area contributed by atoms with E-state index in [1.807, 2.05) is 20.8 Å². The third kappa shape index (κ3) is 13.7. The highest BCUT2D eigenvalue weighted by atomic mass is 35.5. The van der Waals surface area contributed by atoms with Gasteiger partial charge in [-0.15, -0.1) is 5.10 Å². The van der Waals surface area contributed by atoms with Crippen molar-refractivity contribution in [2.24, 2.45) is 34.0 Å². The van der Waals surface area contributed by atoms with Gasteiger partial charge in [0.25, 0.3) is 5.91 Å². The maximum Gasteiger partial charge on any atom is 0.291 e. The number of primary amides is 1. The molecule has 0 unspecified atom stereocenters. The molecular weight excluding hydrogens is 733 g/mol. The SMILES string of the molecule is CC[C@H](C)[C@H](NC(=O)[C@H](CC(C)C)NC(=O)[C@H](CCCN=C(N)N)NC(=O)c1nc(C)n(-c2ccc(Cl)cc2)n1)C(=O)N[C@@H](Cc1ccc(F)cc1)C(N)=O. The number of rotatable bonds is 20. The number of carbonyl (C=O) groups is 5. The zero-order valence-electron chi connectivity index (χ0n) is 31.6. The predicted octanol–water partition coefficient (Wildman–Crippen LogP) is 1.79. The summed E-state index contributed by atoms with van der Waals surface area (Å²) in [6, 6.07) is 7.64. The van der Waals surface area contributed by atoms with Crippen molar-refractivity contribution in [1.29, 1.82) is 0 Å². The Balaban J connectivity index is 1.82. The van der Waals surface area contributed by atoms with E-state index in [0.717, 1.165) is 0 Å². The fourth-order valence-electron chi connectivity index (χ4n) is 5.58. The van der Waals surface area contributed by atoms with Gasteiger partial charge >= 0.3 is 0 Å². The van der Waals surface area contributed by atoms with Gasteiger partial charge < -0.3 is 38.5 Å². The van der Waals surface area contributed by atoms with E-state index in [1.165, 1.54) is 28.9 Å². The molecule has 3 aromatic rings. The molecule has 0 aliphatic heterocycles. The van der Waals surface area contributed by atoms with E-state index in [4.69, 9.17) is 28.8 Å². The lowest BCUT2D eigenvalue weighted by atomic mass is 9.95. The lowest BCUT2D eigenvalue weighted by molar-refractivity contribution is -0.134. The summed E-state index contributed by atoms with van der Waals surface area (Å²) in [5.74, 6) is -4.39. The second kappa shape index (κ2) is 20.8. The molecule has 0 saturated carbocycles. The highest BCUT2D eigenvalue weighted by Crippen LogP contribution is 2.16. The Morgan fingerprint density at radius 2 is 1.47 bits per heavy atom. The van der Waals surface area contributed by atoms with Crippen molar-refractivity contribution in [3.8, 4) is 5.69 Å². The summed E-state index contributed by atoms with van der Waals surface area (Å²) in [7, 11) is 0. The van der Waals surface area contributed by atoms with Gasteiger partial charge in [-0.2, -0.15) is 0 Å². The summed E-state index contributed by atoms with van der Waals surface area (Å²) in [6.07, 6.45) is 1.03. The number of carbonyl (C=O) groups excluding carboxylic acids is 5. The van der Waals surface area contributed by atoms with E-state index in [0.29, 0.717) is 28.5 Å². The first kappa shape index (κ1) is 43.8. The number of aryl methyl sites for hydroxylation is 1. The van der Waals surface area contributed by atoms with Crippen LogP contribution in [0.15, 0.2) is 53.5 Å². The predicted molar refractivity (Wildman–Crippen MR) is 206 cm³/mol. The number of aromatic nitrogens is 3. The Kier molecular flexibility index (Phi) is 16.5. The van der Waals surface area contributed by atoms with Gasteiger partial charge in [-0.3, -0.25) is 29.0 Å². The van der Waals surface area contributed by atoms with E-state index in [2.05, 4.69) is 36.3 Å².